The highest BCUT2D eigenvalue weighted by atomic mass is 32.1. The largest absolute Gasteiger partial charge is 0.392 e. The highest BCUT2D eigenvalue weighted by Crippen LogP contribution is 2.32. The summed E-state index contributed by atoms with van der Waals surface area (Å²) in [5, 5.41) is 27.9. The van der Waals surface area contributed by atoms with Gasteiger partial charge in [-0.2, -0.15) is 0 Å². The van der Waals surface area contributed by atoms with E-state index in [0.717, 1.165) is 35.5 Å². The number of carbonyl (C=O) groups excluding carboxylic acids is 2. The van der Waals surface area contributed by atoms with E-state index in [1.165, 1.54) is 0 Å². The molecule has 1 aliphatic rings. The molecular formula is C29H46N2O4S. The van der Waals surface area contributed by atoms with Crippen molar-refractivity contribution in [1.82, 2.24) is 10.3 Å². The number of carbonyl (C=O) groups is 2. The zero-order chi connectivity index (χ0) is 27.7. The van der Waals surface area contributed by atoms with Crippen molar-refractivity contribution in [2.75, 3.05) is 0 Å². The Kier molecular flexibility index (Phi) is 12.5. The third kappa shape index (κ3) is 9.80. The lowest BCUT2D eigenvalue weighted by atomic mass is 9.73. The Balaban J connectivity index is 0.00000316. The number of hydrogen-bond acceptors (Lipinski definition) is 6. The standard InChI is InChI=1S/C27H44N2O4S.C2H2/c1-17-9-8-11-27(7,33)12-10-22(18(2)14-21-16-34-20(4)28-21)29-24(31)15-23(30)26(5,6)25(32)19(3)13-17;1-2/h14,16-17,19,22-23,30,33H,8-13,15H2,1-7H3,(H,29,31);1-2H/b18-14+;/t17-,19+,22-,23-,27+;/m0./s1. The number of nitrogens with zero attached hydrogens (tertiary/aromatic N) is 1. The van der Waals surface area contributed by atoms with Gasteiger partial charge in [0.2, 0.25) is 5.91 Å². The number of aliphatic hydroxyl groups excluding tert-OH is 1. The molecule has 0 spiro atoms. The molecule has 1 saturated heterocycles. The van der Waals surface area contributed by atoms with E-state index in [2.05, 4.69) is 30.1 Å². The fourth-order valence-electron chi connectivity index (χ4n) is 4.92. The van der Waals surface area contributed by atoms with Crippen LogP contribution in [0.4, 0.5) is 0 Å². The van der Waals surface area contributed by atoms with E-state index in [-0.39, 0.29) is 30.1 Å². The molecule has 2 heterocycles. The van der Waals surface area contributed by atoms with Crippen LogP contribution in [0.5, 0.6) is 0 Å². The highest BCUT2D eigenvalue weighted by Gasteiger charge is 2.39. The molecule has 1 fully saturated rings. The Labute approximate surface area is 222 Å². The van der Waals surface area contributed by atoms with Crippen LogP contribution in [0.3, 0.4) is 0 Å². The number of rotatable bonds is 2. The second kappa shape index (κ2) is 14.1. The minimum Gasteiger partial charge on any atom is -0.392 e. The molecule has 7 heteroatoms. The zero-order valence-corrected chi connectivity index (χ0v) is 24.0. The number of Topliss-reactive ketones (excluding diaryl/α,β-unsaturated/α-hetero) is 1. The van der Waals surface area contributed by atoms with Gasteiger partial charge in [-0.05, 0) is 64.0 Å². The van der Waals surface area contributed by atoms with Crippen LogP contribution in [-0.4, -0.2) is 44.6 Å². The summed E-state index contributed by atoms with van der Waals surface area (Å²) < 4.78 is 0. The second-order valence-electron chi connectivity index (χ2n) is 11.3. The molecule has 6 nitrogen and oxygen atoms in total. The van der Waals surface area contributed by atoms with E-state index in [1.54, 1.807) is 25.2 Å². The van der Waals surface area contributed by atoms with Crippen molar-refractivity contribution in [3.05, 3.63) is 21.7 Å². The van der Waals surface area contributed by atoms with Crippen LogP contribution >= 0.6 is 11.3 Å². The molecule has 0 aliphatic carbocycles. The molecule has 2 rings (SSSR count). The Morgan fingerprint density at radius 3 is 2.42 bits per heavy atom. The molecule has 1 aliphatic heterocycles. The van der Waals surface area contributed by atoms with Gasteiger partial charge in [-0.3, -0.25) is 9.59 Å². The fraction of sp³-hybridized carbons (Fsp3) is 0.690. The van der Waals surface area contributed by atoms with Crippen LogP contribution < -0.4 is 5.32 Å². The maximum atomic E-state index is 13.2. The summed E-state index contributed by atoms with van der Waals surface area (Å²) in [6, 6.07) is -0.294. The van der Waals surface area contributed by atoms with Crippen molar-refractivity contribution in [1.29, 1.82) is 0 Å². The molecule has 36 heavy (non-hydrogen) atoms. The van der Waals surface area contributed by atoms with Crippen molar-refractivity contribution in [3.63, 3.8) is 0 Å². The van der Waals surface area contributed by atoms with Crippen molar-refractivity contribution >= 4 is 29.1 Å². The maximum absolute atomic E-state index is 13.2. The first-order valence-corrected chi connectivity index (χ1v) is 13.8. The molecule has 1 amide bonds. The lowest BCUT2D eigenvalue weighted by Crippen LogP contribution is -2.45. The second-order valence-corrected chi connectivity index (χ2v) is 12.3. The summed E-state index contributed by atoms with van der Waals surface area (Å²) in [7, 11) is 0. The quantitative estimate of drug-likeness (QED) is 0.461. The van der Waals surface area contributed by atoms with E-state index in [1.807, 2.05) is 39.2 Å². The van der Waals surface area contributed by atoms with Gasteiger partial charge in [-0.1, -0.05) is 40.5 Å². The molecule has 0 unspecified atom stereocenters. The number of nitrogens with one attached hydrogen (secondary N) is 1. The topological polar surface area (TPSA) is 99.5 Å². The van der Waals surface area contributed by atoms with Crippen LogP contribution in [0, 0.1) is 37.0 Å². The summed E-state index contributed by atoms with van der Waals surface area (Å²) in [6.45, 7) is 13.3. The van der Waals surface area contributed by atoms with Crippen LogP contribution in [-0.2, 0) is 9.59 Å². The first-order chi connectivity index (χ1) is 16.7. The predicted octanol–water partition coefficient (Wildman–Crippen LogP) is 5.31. The Morgan fingerprint density at radius 1 is 1.19 bits per heavy atom. The van der Waals surface area contributed by atoms with E-state index in [4.69, 9.17) is 0 Å². The first kappa shape index (κ1) is 32.0. The number of aromatic nitrogens is 1. The smallest absolute Gasteiger partial charge is 0.223 e. The predicted molar refractivity (Wildman–Crippen MR) is 148 cm³/mol. The molecule has 1 aromatic heterocycles. The van der Waals surface area contributed by atoms with Crippen LogP contribution in [0.15, 0.2) is 11.0 Å². The van der Waals surface area contributed by atoms with E-state index < -0.39 is 17.1 Å². The molecule has 0 saturated carbocycles. The lowest BCUT2D eigenvalue weighted by molar-refractivity contribution is -0.139. The normalized spacial score (nSPS) is 31.1. The molecule has 0 aromatic carbocycles. The summed E-state index contributed by atoms with van der Waals surface area (Å²) in [5.74, 6) is -0.160. The van der Waals surface area contributed by atoms with E-state index in [9.17, 15) is 19.8 Å². The SMILES string of the molecule is C#C.C/C(=C\c1csc(C)n1)[C@@H]1CC[C@](C)(O)CCC[C@H](C)C[C@@H](C)C(=O)C(C)(C)[C@@H](O)CC(=O)N1. The highest BCUT2D eigenvalue weighted by molar-refractivity contribution is 7.09. The average Bonchev–Trinajstić information content (AvgIpc) is 3.20. The number of aliphatic hydroxyl groups is 2. The average molecular weight is 519 g/mol. The summed E-state index contributed by atoms with van der Waals surface area (Å²) in [6.07, 6.45) is 13.1. The van der Waals surface area contributed by atoms with Gasteiger partial charge in [-0.15, -0.1) is 24.2 Å². The molecule has 202 valence electrons. The number of thiazole rings is 1. The van der Waals surface area contributed by atoms with Gasteiger partial charge in [-0.25, -0.2) is 4.98 Å². The van der Waals surface area contributed by atoms with Gasteiger partial charge in [0, 0.05) is 11.3 Å². The monoisotopic (exact) mass is 518 g/mol. The Hall–Kier alpha value is -2.01. The number of terminal acetylenes is 1. The third-order valence-corrected chi connectivity index (χ3v) is 8.12. The maximum Gasteiger partial charge on any atom is 0.223 e. The van der Waals surface area contributed by atoms with Gasteiger partial charge >= 0.3 is 0 Å². The number of amides is 1. The number of aryl methyl sites for hydroxylation is 1. The molecule has 5 atom stereocenters. The van der Waals surface area contributed by atoms with Gasteiger partial charge < -0.3 is 15.5 Å². The van der Waals surface area contributed by atoms with Crippen LogP contribution in [0.25, 0.3) is 6.08 Å². The zero-order valence-electron chi connectivity index (χ0n) is 23.1. The fourth-order valence-corrected chi connectivity index (χ4v) is 5.49. The minimum atomic E-state index is -1.07. The van der Waals surface area contributed by atoms with E-state index in [0.29, 0.717) is 25.2 Å². The molecule has 3 N–H and O–H groups in total. The van der Waals surface area contributed by atoms with Crippen molar-refractivity contribution in [2.45, 2.75) is 111 Å². The van der Waals surface area contributed by atoms with Gasteiger partial charge in [0.05, 0.1) is 40.3 Å². The Morgan fingerprint density at radius 2 is 1.83 bits per heavy atom. The summed E-state index contributed by atoms with van der Waals surface area (Å²) >= 11 is 1.57. The minimum absolute atomic E-state index is 0.00901. The van der Waals surface area contributed by atoms with Crippen LogP contribution in [0.1, 0.15) is 97.2 Å². The van der Waals surface area contributed by atoms with Gasteiger partial charge in [0.15, 0.2) is 0 Å². The molecule has 1 aromatic rings. The molecule has 0 bridgehead atoms. The number of ketones is 1. The van der Waals surface area contributed by atoms with E-state index >= 15 is 0 Å². The lowest BCUT2D eigenvalue weighted by Gasteiger charge is -2.33. The summed E-state index contributed by atoms with van der Waals surface area (Å²) in [4.78, 5) is 30.6. The first-order valence-electron chi connectivity index (χ1n) is 12.9. The molecule has 0 radical (unpaired) electrons. The van der Waals surface area contributed by atoms with Crippen molar-refractivity contribution < 1.29 is 19.8 Å². The van der Waals surface area contributed by atoms with Crippen molar-refractivity contribution in [2.24, 2.45) is 17.3 Å². The van der Waals surface area contributed by atoms with Gasteiger partial charge in [0.25, 0.3) is 0 Å². The van der Waals surface area contributed by atoms with Crippen LogP contribution in [0.2, 0.25) is 0 Å². The molecular weight excluding hydrogens is 472 g/mol. The third-order valence-electron chi connectivity index (χ3n) is 7.33. The van der Waals surface area contributed by atoms with Gasteiger partial charge in [0.1, 0.15) is 5.78 Å². The number of hydrogen-bond donors (Lipinski definition) is 3. The van der Waals surface area contributed by atoms with Crippen molar-refractivity contribution in [3.8, 4) is 12.8 Å². The summed E-state index contributed by atoms with van der Waals surface area (Å²) in [5.41, 5.74) is -0.0406. The Bertz CT molecular complexity index is 915.